The highest BCUT2D eigenvalue weighted by Crippen LogP contribution is 2.33. The number of anilines is 2. The number of aromatic nitrogens is 3. The zero-order valence-corrected chi connectivity index (χ0v) is 20.4. The van der Waals surface area contributed by atoms with Gasteiger partial charge in [-0.2, -0.15) is 0 Å². The fourth-order valence-corrected chi connectivity index (χ4v) is 5.45. The smallest absolute Gasteiger partial charge is 0.260 e. The van der Waals surface area contributed by atoms with Crippen molar-refractivity contribution in [3.8, 4) is 5.88 Å². The van der Waals surface area contributed by atoms with Crippen molar-refractivity contribution >= 4 is 28.9 Å². The number of ether oxygens (including phenoxy) is 1. The van der Waals surface area contributed by atoms with Crippen LogP contribution in [0, 0.1) is 5.92 Å². The van der Waals surface area contributed by atoms with E-state index in [2.05, 4.69) is 25.0 Å². The van der Waals surface area contributed by atoms with Crippen LogP contribution >= 0.6 is 11.3 Å². The van der Waals surface area contributed by atoms with Crippen LogP contribution in [0.5, 0.6) is 5.88 Å². The molecule has 0 radical (unpaired) electrons. The maximum atomic E-state index is 12.6. The maximum Gasteiger partial charge on any atom is 0.260 e. The molecule has 0 saturated carbocycles. The van der Waals surface area contributed by atoms with Crippen LogP contribution in [0.3, 0.4) is 0 Å². The Morgan fingerprint density at radius 1 is 0.971 bits per heavy atom. The van der Waals surface area contributed by atoms with Gasteiger partial charge in [-0.1, -0.05) is 12.1 Å². The van der Waals surface area contributed by atoms with E-state index in [-0.39, 0.29) is 18.4 Å². The summed E-state index contributed by atoms with van der Waals surface area (Å²) in [5, 5.41) is 21.0. The van der Waals surface area contributed by atoms with Gasteiger partial charge in [0, 0.05) is 56.4 Å². The molecular weight excluding hydrogens is 464 g/mol. The number of carbonyl (C=O) groups is 1. The minimum Gasteiger partial charge on any atom is -0.466 e. The predicted molar refractivity (Wildman–Crippen MR) is 135 cm³/mol. The molecule has 1 N–H and O–H groups in total. The van der Waals surface area contributed by atoms with E-state index in [0.717, 1.165) is 55.5 Å². The van der Waals surface area contributed by atoms with Crippen LogP contribution in [0.4, 0.5) is 11.6 Å². The van der Waals surface area contributed by atoms with Gasteiger partial charge in [0.15, 0.2) is 12.4 Å². The van der Waals surface area contributed by atoms with Gasteiger partial charge in [0.05, 0.1) is 6.10 Å². The molecule has 1 amide bonds. The molecule has 0 unspecified atom stereocenters. The lowest BCUT2D eigenvalue weighted by Crippen LogP contribution is -2.47. The molecule has 0 aromatic carbocycles. The Morgan fingerprint density at radius 3 is 2.37 bits per heavy atom. The van der Waals surface area contributed by atoms with Crippen LogP contribution < -0.4 is 14.5 Å². The van der Waals surface area contributed by atoms with Crippen molar-refractivity contribution in [2.75, 3.05) is 55.7 Å². The molecule has 5 rings (SSSR count). The lowest BCUT2D eigenvalue weighted by molar-refractivity contribution is -0.135. The van der Waals surface area contributed by atoms with Gasteiger partial charge >= 0.3 is 0 Å². The molecule has 0 aliphatic carbocycles. The van der Waals surface area contributed by atoms with Crippen molar-refractivity contribution in [1.82, 2.24) is 20.1 Å². The summed E-state index contributed by atoms with van der Waals surface area (Å²) in [6, 6.07) is 13.5. The van der Waals surface area contributed by atoms with Crippen LogP contribution in [-0.4, -0.2) is 77.0 Å². The molecule has 3 aromatic heterocycles. The van der Waals surface area contributed by atoms with Crippen molar-refractivity contribution in [3.05, 3.63) is 58.9 Å². The molecule has 3 aromatic rings. The summed E-state index contributed by atoms with van der Waals surface area (Å²) in [4.78, 5) is 24.3. The quantitative estimate of drug-likeness (QED) is 0.536. The number of rotatable bonds is 7. The van der Waals surface area contributed by atoms with Crippen molar-refractivity contribution in [1.29, 1.82) is 0 Å². The number of hydrogen-bond acceptors (Lipinski definition) is 9. The summed E-state index contributed by atoms with van der Waals surface area (Å²) in [5.74, 6) is 2.26. The third-order valence-electron chi connectivity index (χ3n) is 6.72. The number of piperidine rings is 1. The molecule has 184 valence electrons. The van der Waals surface area contributed by atoms with E-state index >= 15 is 0 Å². The first kappa shape index (κ1) is 23.5. The Morgan fingerprint density at radius 2 is 1.74 bits per heavy atom. The van der Waals surface area contributed by atoms with E-state index in [0.29, 0.717) is 19.0 Å². The van der Waals surface area contributed by atoms with Gasteiger partial charge in [0.25, 0.3) is 5.91 Å². The monoisotopic (exact) mass is 494 g/mol. The summed E-state index contributed by atoms with van der Waals surface area (Å²) < 4.78 is 5.62. The maximum absolute atomic E-state index is 12.6. The molecule has 2 aliphatic rings. The number of carbonyl (C=O) groups excluding carboxylic acids is 1. The highest BCUT2D eigenvalue weighted by atomic mass is 32.1. The van der Waals surface area contributed by atoms with Crippen LogP contribution in [0.15, 0.2) is 54.0 Å². The fourth-order valence-electron chi connectivity index (χ4n) is 4.65. The predicted octanol–water partition coefficient (Wildman–Crippen LogP) is 2.61. The average molecular weight is 495 g/mol. The molecule has 35 heavy (non-hydrogen) atoms. The molecule has 10 heteroatoms. The SMILES string of the molecule is O=C(COc1ccc(N2CCN(c3ccccn3)CC2)nn1)N1CCC([C@H](O)c2cccs2)CC1. The number of aliphatic hydroxyl groups excluding tert-OH is 1. The molecule has 0 bridgehead atoms. The Hall–Kier alpha value is -3.24. The number of amides is 1. The number of likely N-dealkylation sites (tertiary alicyclic amines) is 1. The Balaban J connectivity index is 1.05. The third-order valence-corrected chi connectivity index (χ3v) is 7.66. The summed E-state index contributed by atoms with van der Waals surface area (Å²) in [5.41, 5.74) is 0. The van der Waals surface area contributed by atoms with Gasteiger partial charge in [-0.15, -0.1) is 21.5 Å². The van der Waals surface area contributed by atoms with Crippen LogP contribution in [0.25, 0.3) is 0 Å². The molecule has 2 saturated heterocycles. The lowest BCUT2D eigenvalue weighted by Gasteiger charge is -2.35. The fraction of sp³-hybridized carbons (Fsp3) is 0.440. The molecule has 2 aliphatic heterocycles. The van der Waals surface area contributed by atoms with Crippen molar-refractivity contribution in [2.24, 2.45) is 5.92 Å². The molecule has 5 heterocycles. The Bertz CT molecular complexity index is 1070. The van der Waals surface area contributed by atoms with Gasteiger partial charge in [0.2, 0.25) is 5.88 Å². The van der Waals surface area contributed by atoms with Gasteiger partial charge in [-0.25, -0.2) is 4.98 Å². The second-order valence-electron chi connectivity index (χ2n) is 8.86. The van der Waals surface area contributed by atoms with E-state index in [1.54, 1.807) is 22.3 Å². The largest absolute Gasteiger partial charge is 0.466 e. The number of hydrogen-bond donors (Lipinski definition) is 1. The number of piperazine rings is 1. The molecular formula is C25H30N6O3S. The highest BCUT2D eigenvalue weighted by molar-refractivity contribution is 7.10. The Labute approximate surface area is 209 Å². The van der Waals surface area contributed by atoms with Crippen LogP contribution in [0.2, 0.25) is 0 Å². The Kier molecular flexibility index (Phi) is 7.39. The summed E-state index contributed by atoms with van der Waals surface area (Å²) in [7, 11) is 0. The van der Waals surface area contributed by atoms with E-state index in [1.807, 2.05) is 48.0 Å². The van der Waals surface area contributed by atoms with Crippen molar-refractivity contribution < 1.29 is 14.6 Å². The number of pyridine rings is 1. The van der Waals surface area contributed by atoms with E-state index < -0.39 is 6.10 Å². The average Bonchev–Trinajstić information content (AvgIpc) is 3.48. The molecule has 9 nitrogen and oxygen atoms in total. The number of nitrogens with zero attached hydrogens (tertiary/aromatic N) is 6. The van der Waals surface area contributed by atoms with Crippen LogP contribution in [-0.2, 0) is 4.79 Å². The van der Waals surface area contributed by atoms with E-state index in [1.165, 1.54) is 0 Å². The zero-order chi connectivity index (χ0) is 24.0. The molecule has 0 spiro atoms. The highest BCUT2D eigenvalue weighted by Gasteiger charge is 2.29. The summed E-state index contributed by atoms with van der Waals surface area (Å²) in [6.07, 6.45) is 2.94. The van der Waals surface area contributed by atoms with Crippen LogP contribution in [0.1, 0.15) is 23.8 Å². The van der Waals surface area contributed by atoms with Crippen molar-refractivity contribution in [3.63, 3.8) is 0 Å². The number of thiophene rings is 1. The summed E-state index contributed by atoms with van der Waals surface area (Å²) >= 11 is 1.58. The van der Waals surface area contributed by atoms with E-state index in [4.69, 9.17) is 4.74 Å². The first-order chi connectivity index (χ1) is 17.2. The minimum atomic E-state index is -0.449. The van der Waals surface area contributed by atoms with Gasteiger partial charge in [0.1, 0.15) is 5.82 Å². The van der Waals surface area contributed by atoms with E-state index in [9.17, 15) is 9.90 Å². The molecule has 1 atom stereocenters. The van der Waals surface area contributed by atoms with Gasteiger partial charge < -0.3 is 24.5 Å². The zero-order valence-electron chi connectivity index (χ0n) is 19.6. The van der Waals surface area contributed by atoms with Gasteiger partial charge in [-0.05, 0) is 48.4 Å². The second kappa shape index (κ2) is 11.0. The standard InChI is InChI=1S/C25H30N6O3S/c32-24(31-11-8-19(9-12-31)25(33)20-4-3-17-35-20)18-34-23-7-6-22(27-28-23)30-15-13-29(14-16-30)21-5-1-2-10-26-21/h1-7,10,17,19,25,33H,8-9,11-16,18H2/t25-/m0/s1. The first-order valence-electron chi connectivity index (χ1n) is 12.0. The topological polar surface area (TPSA) is 94.9 Å². The first-order valence-corrected chi connectivity index (χ1v) is 12.9. The lowest BCUT2D eigenvalue weighted by atomic mass is 9.90. The second-order valence-corrected chi connectivity index (χ2v) is 9.84. The van der Waals surface area contributed by atoms with Gasteiger partial charge in [-0.3, -0.25) is 4.79 Å². The molecule has 2 fully saturated rings. The number of aliphatic hydroxyl groups is 1. The van der Waals surface area contributed by atoms with Crippen molar-refractivity contribution in [2.45, 2.75) is 18.9 Å². The third kappa shape index (κ3) is 5.71. The minimum absolute atomic E-state index is 0.0606. The summed E-state index contributed by atoms with van der Waals surface area (Å²) in [6.45, 7) is 4.60. The normalized spacial score (nSPS) is 17.9.